The average Bonchev–Trinajstić information content (AvgIpc) is 2.71. The molecular weight excluding hydrogens is 268 g/mol. The van der Waals surface area contributed by atoms with E-state index in [1.54, 1.807) is 0 Å². The van der Waals surface area contributed by atoms with Crippen LogP contribution in [0.5, 0.6) is 0 Å². The third-order valence-electron chi connectivity index (χ3n) is 9.36. The third kappa shape index (κ3) is 1.75. The predicted octanol–water partition coefficient (Wildman–Crippen LogP) is 5.42. The van der Waals surface area contributed by atoms with Gasteiger partial charge in [-0.3, -0.25) is 0 Å². The Balaban J connectivity index is 1.78. The highest BCUT2D eigenvalue weighted by atomic mass is 16.3. The lowest BCUT2D eigenvalue weighted by Gasteiger charge is -2.66. The molecule has 4 fully saturated rings. The normalized spacial score (nSPS) is 55.4. The smallest absolute Gasteiger partial charge is 0.0551 e. The molecule has 0 aliphatic heterocycles. The first-order chi connectivity index (χ1) is 10.1. The van der Waals surface area contributed by atoms with E-state index in [0.29, 0.717) is 21.7 Å². The van der Waals surface area contributed by atoms with Gasteiger partial charge in [0.1, 0.15) is 0 Å². The van der Waals surface area contributed by atoms with Gasteiger partial charge in [-0.1, -0.05) is 34.6 Å². The van der Waals surface area contributed by atoms with E-state index >= 15 is 0 Å². The predicted molar refractivity (Wildman–Crippen MR) is 91.5 cm³/mol. The van der Waals surface area contributed by atoms with Gasteiger partial charge in [0.15, 0.2) is 0 Å². The van der Waals surface area contributed by atoms with Crippen molar-refractivity contribution < 1.29 is 5.11 Å². The molecule has 6 unspecified atom stereocenters. The summed E-state index contributed by atoms with van der Waals surface area (Å²) in [6.07, 6.45) is 10.7. The number of aliphatic hydroxyl groups is 1. The Bertz CT molecular complexity index is 478. The summed E-state index contributed by atoms with van der Waals surface area (Å²) in [7, 11) is 0. The van der Waals surface area contributed by atoms with Crippen LogP contribution in [0, 0.1) is 39.4 Å². The third-order valence-corrected chi connectivity index (χ3v) is 9.36. The maximum Gasteiger partial charge on any atom is 0.0551 e. The van der Waals surface area contributed by atoms with Crippen molar-refractivity contribution in [1.82, 2.24) is 0 Å². The molecule has 0 aromatic rings. The molecule has 0 aromatic carbocycles. The molecule has 126 valence electrons. The second-order valence-electron chi connectivity index (χ2n) is 11.1. The van der Waals surface area contributed by atoms with Crippen molar-refractivity contribution in [3.63, 3.8) is 0 Å². The Kier molecular flexibility index (Phi) is 3.04. The van der Waals surface area contributed by atoms with Crippen LogP contribution in [0.1, 0.15) is 86.0 Å². The Labute approximate surface area is 137 Å². The molecular formula is C21H36O. The van der Waals surface area contributed by atoms with Gasteiger partial charge in [0, 0.05) is 0 Å². The van der Waals surface area contributed by atoms with Crippen LogP contribution in [0.4, 0.5) is 0 Å². The summed E-state index contributed by atoms with van der Waals surface area (Å²) in [6.45, 7) is 12.5. The zero-order valence-electron chi connectivity index (χ0n) is 15.4. The van der Waals surface area contributed by atoms with E-state index in [1.807, 2.05) is 0 Å². The lowest BCUT2D eigenvalue weighted by Crippen LogP contribution is -2.60. The molecule has 4 aliphatic carbocycles. The number of fused-ring (bicyclic) bond motifs is 2. The van der Waals surface area contributed by atoms with Crippen molar-refractivity contribution in [2.75, 3.05) is 0 Å². The second kappa shape index (κ2) is 4.32. The summed E-state index contributed by atoms with van der Waals surface area (Å²) in [5.74, 6) is 2.70. The van der Waals surface area contributed by atoms with E-state index in [2.05, 4.69) is 34.6 Å². The van der Waals surface area contributed by atoms with Gasteiger partial charge in [0.05, 0.1) is 6.10 Å². The van der Waals surface area contributed by atoms with Gasteiger partial charge < -0.3 is 5.11 Å². The van der Waals surface area contributed by atoms with Crippen LogP contribution in [0.3, 0.4) is 0 Å². The van der Waals surface area contributed by atoms with Gasteiger partial charge >= 0.3 is 0 Å². The summed E-state index contributed by atoms with van der Waals surface area (Å²) in [6, 6.07) is 0. The Morgan fingerprint density at radius 3 is 2.23 bits per heavy atom. The molecule has 4 rings (SSSR count). The summed E-state index contributed by atoms with van der Waals surface area (Å²) < 4.78 is 0. The molecule has 0 amide bonds. The fourth-order valence-corrected chi connectivity index (χ4v) is 8.23. The molecule has 0 radical (unpaired) electrons. The molecule has 4 saturated carbocycles. The van der Waals surface area contributed by atoms with Crippen molar-refractivity contribution in [3.8, 4) is 0 Å². The maximum atomic E-state index is 10.7. The van der Waals surface area contributed by atoms with Gasteiger partial charge in [-0.2, -0.15) is 0 Å². The van der Waals surface area contributed by atoms with E-state index in [4.69, 9.17) is 0 Å². The highest BCUT2D eigenvalue weighted by Crippen LogP contribution is 2.76. The standard InChI is InChI=1S/C21H36O/c1-18(2)8-9-21-11-15(18)10-14(21)6-7-17-19(3,4)12-16(22)13-20(17,21)5/h14-17,22H,6-13H2,1-5H3. The first kappa shape index (κ1) is 15.5. The molecule has 2 bridgehead atoms. The van der Waals surface area contributed by atoms with Gasteiger partial charge in [0.2, 0.25) is 0 Å². The van der Waals surface area contributed by atoms with Crippen LogP contribution >= 0.6 is 0 Å². The lowest BCUT2D eigenvalue weighted by molar-refractivity contribution is -0.188. The molecule has 1 spiro atoms. The molecule has 0 saturated heterocycles. The molecule has 6 atom stereocenters. The van der Waals surface area contributed by atoms with Crippen molar-refractivity contribution >= 4 is 0 Å². The minimum atomic E-state index is -0.0710. The fraction of sp³-hybridized carbons (Fsp3) is 1.00. The van der Waals surface area contributed by atoms with Crippen LogP contribution in [-0.4, -0.2) is 11.2 Å². The quantitative estimate of drug-likeness (QED) is 0.634. The van der Waals surface area contributed by atoms with Crippen molar-refractivity contribution in [2.45, 2.75) is 92.1 Å². The largest absolute Gasteiger partial charge is 0.393 e. The number of aliphatic hydroxyl groups excluding tert-OH is 1. The minimum absolute atomic E-state index is 0.0710. The molecule has 1 N–H and O–H groups in total. The van der Waals surface area contributed by atoms with Crippen LogP contribution in [0.25, 0.3) is 0 Å². The number of hydrogen-bond acceptors (Lipinski definition) is 1. The highest BCUT2D eigenvalue weighted by Gasteiger charge is 2.68. The van der Waals surface area contributed by atoms with Crippen LogP contribution in [-0.2, 0) is 0 Å². The lowest BCUT2D eigenvalue weighted by atomic mass is 9.39. The molecule has 22 heavy (non-hydrogen) atoms. The highest BCUT2D eigenvalue weighted by molar-refractivity contribution is 5.17. The topological polar surface area (TPSA) is 20.2 Å². The average molecular weight is 305 g/mol. The Morgan fingerprint density at radius 2 is 1.50 bits per heavy atom. The summed E-state index contributed by atoms with van der Waals surface area (Å²) >= 11 is 0. The van der Waals surface area contributed by atoms with Gasteiger partial charge in [0.25, 0.3) is 0 Å². The summed E-state index contributed by atoms with van der Waals surface area (Å²) in [5.41, 5.74) is 1.80. The molecule has 0 aromatic heterocycles. The molecule has 4 aliphatic rings. The van der Waals surface area contributed by atoms with Crippen molar-refractivity contribution in [3.05, 3.63) is 0 Å². The van der Waals surface area contributed by atoms with Gasteiger partial charge in [-0.15, -0.1) is 0 Å². The van der Waals surface area contributed by atoms with Gasteiger partial charge in [-0.05, 0) is 90.8 Å². The van der Waals surface area contributed by atoms with Crippen LogP contribution < -0.4 is 0 Å². The Hall–Kier alpha value is -0.0400. The zero-order chi connectivity index (χ0) is 16.0. The second-order valence-corrected chi connectivity index (χ2v) is 11.1. The summed E-state index contributed by atoms with van der Waals surface area (Å²) in [4.78, 5) is 0. The van der Waals surface area contributed by atoms with E-state index in [1.165, 1.54) is 38.5 Å². The number of hydrogen-bond donors (Lipinski definition) is 1. The van der Waals surface area contributed by atoms with E-state index < -0.39 is 0 Å². The van der Waals surface area contributed by atoms with Gasteiger partial charge in [-0.25, -0.2) is 0 Å². The van der Waals surface area contributed by atoms with E-state index in [9.17, 15) is 5.11 Å². The minimum Gasteiger partial charge on any atom is -0.393 e. The van der Waals surface area contributed by atoms with E-state index in [-0.39, 0.29) is 6.10 Å². The first-order valence-electron chi connectivity index (χ1n) is 9.79. The molecule has 1 heteroatoms. The van der Waals surface area contributed by atoms with Crippen LogP contribution in [0.2, 0.25) is 0 Å². The molecule has 0 heterocycles. The van der Waals surface area contributed by atoms with Crippen molar-refractivity contribution in [1.29, 1.82) is 0 Å². The zero-order valence-corrected chi connectivity index (χ0v) is 15.4. The number of rotatable bonds is 0. The monoisotopic (exact) mass is 304 g/mol. The van der Waals surface area contributed by atoms with Crippen LogP contribution in [0.15, 0.2) is 0 Å². The summed E-state index contributed by atoms with van der Waals surface area (Å²) in [5, 5.41) is 10.7. The fourth-order valence-electron chi connectivity index (χ4n) is 8.23. The maximum absolute atomic E-state index is 10.7. The Morgan fingerprint density at radius 1 is 0.773 bits per heavy atom. The van der Waals surface area contributed by atoms with E-state index in [0.717, 1.165) is 30.6 Å². The first-order valence-corrected chi connectivity index (χ1v) is 9.79. The van der Waals surface area contributed by atoms with Crippen molar-refractivity contribution in [2.24, 2.45) is 39.4 Å². The SMILES string of the molecule is CC1(C)CCC23CC1CC2CCC1C(C)(C)CC(O)CC13C. The molecule has 1 nitrogen and oxygen atoms in total.